The van der Waals surface area contributed by atoms with Crippen LogP contribution in [0.25, 0.3) is 0 Å². The van der Waals surface area contributed by atoms with Crippen LogP contribution in [-0.4, -0.2) is 34.2 Å². The SMILES string of the molecule is CC(=O)N1CCc2c(C(C)CC3CNCc4c(C(C)C)noc43)noc2C1. The zero-order chi connectivity index (χ0) is 19.1. The van der Waals surface area contributed by atoms with Gasteiger partial charge >= 0.3 is 0 Å². The number of hydrogen-bond acceptors (Lipinski definition) is 6. The van der Waals surface area contributed by atoms with E-state index in [1.165, 1.54) is 11.1 Å². The van der Waals surface area contributed by atoms with Gasteiger partial charge in [-0.1, -0.05) is 31.1 Å². The van der Waals surface area contributed by atoms with Crippen molar-refractivity contribution in [2.45, 2.75) is 71.4 Å². The Kier molecular flexibility index (Phi) is 4.80. The maximum Gasteiger partial charge on any atom is 0.219 e. The van der Waals surface area contributed by atoms with Crippen LogP contribution in [0.2, 0.25) is 0 Å². The van der Waals surface area contributed by atoms with Gasteiger partial charge in [0.2, 0.25) is 5.91 Å². The molecule has 0 aromatic carbocycles. The van der Waals surface area contributed by atoms with Crippen molar-refractivity contribution in [2.24, 2.45) is 0 Å². The van der Waals surface area contributed by atoms with Crippen LogP contribution in [0, 0.1) is 0 Å². The molecule has 0 saturated heterocycles. The summed E-state index contributed by atoms with van der Waals surface area (Å²) in [5, 5.41) is 12.2. The van der Waals surface area contributed by atoms with Crippen molar-refractivity contribution in [3.63, 3.8) is 0 Å². The molecule has 4 rings (SSSR count). The van der Waals surface area contributed by atoms with Gasteiger partial charge in [0.15, 0.2) is 5.76 Å². The van der Waals surface area contributed by atoms with Crippen molar-refractivity contribution in [1.29, 1.82) is 0 Å². The van der Waals surface area contributed by atoms with Crippen LogP contribution < -0.4 is 5.32 Å². The summed E-state index contributed by atoms with van der Waals surface area (Å²) in [6.07, 6.45) is 1.74. The van der Waals surface area contributed by atoms with E-state index in [9.17, 15) is 4.79 Å². The Labute approximate surface area is 159 Å². The first-order valence-corrected chi connectivity index (χ1v) is 9.87. The highest BCUT2D eigenvalue weighted by atomic mass is 16.5. The van der Waals surface area contributed by atoms with Crippen LogP contribution in [0.1, 0.15) is 85.9 Å². The molecule has 0 saturated carbocycles. The third-order valence-electron chi connectivity index (χ3n) is 5.88. The lowest BCUT2D eigenvalue weighted by atomic mass is 9.85. The van der Waals surface area contributed by atoms with E-state index in [0.717, 1.165) is 55.4 Å². The summed E-state index contributed by atoms with van der Waals surface area (Å²) in [6, 6.07) is 0. The molecule has 2 aromatic heterocycles. The van der Waals surface area contributed by atoms with Gasteiger partial charge < -0.3 is 19.3 Å². The molecular weight excluding hydrogens is 344 g/mol. The molecule has 2 aliphatic heterocycles. The minimum absolute atomic E-state index is 0.0822. The molecule has 2 atom stereocenters. The van der Waals surface area contributed by atoms with Crippen molar-refractivity contribution in [1.82, 2.24) is 20.5 Å². The van der Waals surface area contributed by atoms with Gasteiger partial charge in [0.1, 0.15) is 5.76 Å². The van der Waals surface area contributed by atoms with E-state index in [4.69, 9.17) is 9.05 Å². The van der Waals surface area contributed by atoms with E-state index >= 15 is 0 Å². The van der Waals surface area contributed by atoms with Crippen molar-refractivity contribution in [3.05, 3.63) is 34.0 Å². The van der Waals surface area contributed by atoms with Crippen molar-refractivity contribution in [3.8, 4) is 0 Å². The molecule has 146 valence electrons. The molecule has 2 aliphatic rings. The van der Waals surface area contributed by atoms with E-state index in [-0.39, 0.29) is 17.7 Å². The largest absolute Gasteiger partial charge is 0.360 e. The van der Waals surface area contributed by atoms with Gasteiger partial charge in [-0.2, -0.15) is 0 Å². The van der Waals surface area contributed by atoms with Gasteiger partial charge in [-0.25, -0.2) is 0 Å². The van der Waals surface area contributed by atoms with E-state index in [1.54, 1.807) is 11.8 Å². The first-order valence-electron chi connectivity index (χ1n) is 9.87. The number of carbonyl (C=O) groups excluding carboxylic acids is 1. The molecule has 7 heteroatoms. The maximum absolute atomic E-state index is 11.6. The average molecular weight is 372 g/mol. The quantitative estimate of drug-likeness (QED) is 0.888. The highest BCUT2D eigenvalue weighted by molar-refractivity contribution is 5.73. The summed E-state index contributed by atoms with van der Waals surface area (Å²) >= 11 is 0. The number of amides is 1. The van der Waals surface area contributed by atoms with Crippen LogP contribution in [0.5, 0.6) is 0 Å². The van der Waals surface area contributed by atoms with Gasteiger partial charge in [0.05, 0.1) is 17.9 Å². The molecule has 2 unspecified atom stereocenters. The fourth-order valence-electron chi connectivity index (χ4n) is 4.38. The lowest BCUT2D eigenvalue weighted by Gasteiger charge is -2.26. The van der Waals surface area contributed by atoms with E-state index in [1.807, 2.05) is 0 Å². The third kappa shape index (κ3) is 3.29. The van der Waals surface area contributed by atoms with Gasteiger partial charge in [0, 0.05) is 49.5 Å². The summed E-state index contributed by atoms with van der Waals surface area (Å²) in [5.74, 6) is 2.85. The molecule has 7 nitrogen and oxygen atoms in total. The summed E-state index contributed by atoms with van der Waals surface area (Å²) in [4.78, 5) is 13.4. The normalized spacial score (nSPS) is 20.5. The zero-order valence-electron chi connectivity index (χ0n) is 16.5. The maximum atomic E-state index is 11.6. The second kappa shape index (κ2) is 7.11. The topological polar surface area (TPSA) is 84.4 Å². The van der Waals surface area contributed by atoms with Crippen molar-refractivity contribution >= 4 is 5.91 Å². The Morgan fingerprint density at radius 1 is 1.22 bits per heavy atom. The minimum atomic E-state index is 0.0822. The van der Waals surface area contributed by atoms with E-state index < -0.39 is 0 Å². The Balaban J connectivity index is 1.52. The lowest BCUT2D eigenvalue weighted by Crippen LogP contribution is -2.34. The van der Waals surface area contributed by atoms with Crippen LogP contribution in [0.3, 0.4) is 0 Å². The predicted octanol–water partition coefficient (Wildman–Crippen LogP) is 3.07. The highest BCUT2D eigenvalue weighted by Crippen LogP contribution is 2.37. The highest BCUT2D eigenvalue weighted by Gasteiger charge is 2.33. The monoisotopic (exact) mass is 372 g/mol. The van der Waals surface area contributed by atoms with Crippen molar-refractivity contribution < 1.29 is 13.8 Å². The zero-order valence-corrected chi connectivity index (χ0v) is 16.5. The fourth-order valence-corrected chi connectivity index (χ4v) is 4.38. The van der Waals surface area contributed by atoms with Gasteiger partial charge in [-0.15, -0.1) is 0 Å². The molecular formula is C20H28N4O3. The number of fused-ring (bicyclic) bond motifs is 2. The van der Waals surface area contributed by atoms with Gasteiger partial charge in [-0.3, -0.25) is 4.79 Å². The second-order valence-corrected chi connectivity index (χ2v) is 8.19. The fraction of sp³-hybridized carbons (Fsp3) is 0.650. The van der Waals surface area contributed by atoms with Crippen LogP contribution in [0.15, 0.2) is 9.05 Å². The summed E-state index contributed by atoms with van der Waals surface area (Å²) in [7, 11) is 0. The molecule has 1 amide bonds. The smallest absolute Gasteiger partial charge is 0.219 e. The second-order valence-electron chi connectivity index (χ2n) is 8.19. The first kappa shape index (κ1) is 18.2. The Hall–Kier alpha value is -2.15. The molecule has 0 bridgehead atoms. The number of hydrogen-bond donors (Lipinski definition) is 1. The summed E-state index contributed by atoms with van der Waals surface area (Å²) in [6.45, 7) is 11.1. The number of rotatable bonds is 4. The molecule has 0 radical (unpaired) electrons. The molecule has 0 spiro atoms. The molecule has 2 aromatic rings. The van der Waals surface area contributed by atoms with Gasteiger partial charge in [-0.05, 0) is 18.8 Å². The third-order valence-corrected chi connectivity index (χ3v) is 5.88. The summed E-state index contributed by atoms with van der Waals surface area (Å²) < 4.78 is 11.3. The Morgan fingerprint density at radius 2 is 2.00 bits per heavy atom. The first-order chi connectivity index (χ1) is 13.0. The number of carbonyl (C=O) groups is 1. The van der Waals surface area contributed by atoms with Crippen LogP contribution >= 0.6 is 0 Å². The number of aromatic nitrogens is 2. The molecule has 1 N–H and O–H groups in total. The Morgan fingerprint density at radius 3 is 2.74 bits per heavy atom. The van der Waals surface area contributed by atoms with Crippen molar-refractivity contribution in [2.75, 3.05) is 13.1 Å². The minimum Gasteiger partial charge on any atom is -0.360 e. The molecule has 27 heavy (non-hydrogen) atoms. The number of nitrogens with one attached hydrogen (secondary N) is 1. The standard InChI is InChI=1S/C20H28N4O3/c1-11(2)18-16-9-21-8-14(20(16)27-22-18)7-12(3)19-15-5-6-24(13(4)25)10-17(15)26-23-19/h11-12,14,21H,5-10H2,1-4H3. The van der Waals surface area contributed by atoms with Crippen LogP contribution in [-0.2, 0) is 24.3 Å². The average Bonchev–Trinajstić information content (AvgIpc) is 3.25. The summed E-state index contributed by atoms with van der Waals surface area (Å²) in [5.41, 5.74) is 4.51. The van der Waals surface area contributed by atoms with E-state index in [2.05, 4.69) is 36.4 Å². The van der Waals surface area contributed by atoms with Gasteiger partial charge in [0.25, 0.3) is 0 Å². The van der Waals surface area contributed by atoms with E-state index in [0.29, 0.717) is 12.5 Å². The molecule has 4 heterocycles. The lowest BCUT2D eigenvalue weighted by molar-refractivity contribution is -0.130. The predicted molar refractivity (Wildman–Crippen MR) is 99.4 cm³/mol. The molecule has 0 aliphatic carbocycles. The number of nitrogens with zero attached hydrogens (tertiary/aromatic N) is 3. The van der Waals surface area contributed by atoms with Crippen LogP contribution in [0.4, 0.5) is 0 Å². The Bertz CT molecular complexity index is 838. The molecule has 0 fully saturated rings.